The van der Waals surface area contributed by atoms with Gasteiger partial charge in [-0.25, -0.2) is 0 Å². The Hall–Kier alpha value is -1.04. The second-order valence-corrected chi connectivity index (χ2v) is 6.19. The van der Waals surface area contributed by atoms with Gasteiger partial charge in [-0.15, -0.1) is 0 Å². The maximum absolute atomic E-state index is 4.03. The van der Waals surface area contributed by atoms with E-state index >= 15 is 0 Å². The van der Waals surface area contributed by atoms with E-state index in [0.717, 1.165) is 5.57 Å². The van der Waals surface area contributed by atoms with E-state index in [2.05, 4.69) is 58.5 Å². The van der Waals surface area contributed by atoms with Crippen LogP contribution in [0.2, 0.25) is 0 Å². The molecule has 0 aliphatic heterocycles. The maximum Gasteiger partial charge on any atom is 0.000234 e. The van der Waals surface area contributed by atoms with E-state index in [1.54, 1.807) is 0 Å². The molecule has 1 saturated carbocycles. The van der Waals surface area contributed by atoms with Gasteiger partial charge in [0.05, 0.1) is 0 Å². The first kappa shape index (κ1) is 11.4. The first-order chi connectivity index (χ1) is 7.37. The van der Waals surface area contributed by atoms with Crippen molar-refractivity contribution in [2.24, 2.45) is 5.41 Å². The van der Waals surface area contributed by atoms with Crippen molar-refractivity contribution in [3.8, 4) is 0 Å². The normalized spacial score (nSPS) is 18.2. The topological polar surface area (TPSA) is 0 Å². The maximum atomic E-state index is 4.03. The fraction of sp³-hybridized carbons (Fsp3) is 0.500. The lowest BCUT2D eigenvalue weighted by molar-refractivity contribution is 0.299. The molecule has 0 saturated heterocycles. The third-order valence-electron chi connectivity index (χ3n) is 4.09. The minimum atomic E-state index is 0.362. The first-order valence-corrected chi connectivity index (χ1v) is 6.13. The van der Waals surface area contributed by atoms with Crippen LogP contribution in [0.25, 0.3) is 5.57 Å². The van der Waals surface area contributed by atoms with E-state index in [1.165, 1.54) is 24.0 Å². The predicted molar refractivity (Wildman–Crippen MR) is 71.5 cm³/mol. The molecule has 86 valence electrons. The molecule has 0 amide bonds. The fourth-order valence-electron chi connectivity index (χ4n) is 2.68. The molecule has 16 heavy (non-hydrogen) atoms. The van der Waals surface area contributed by atoms with Gasteiger partial charge in [-0.2, -0.15) is 0 Å². The van der Waals surface area contributed by atoms with Gasteiger partial charge in [-0.1, -0.05) is 57.2 Å². The lowest BCUT2D eigenvalue weighted by Crippen LogP contribution is -2.26. The SMILES string of the molecule is C=C(C)c1cccc(C2(C(C)(C)C)CC2)c1. The Bertz CT molecular complexity index is 414. The molecule has 0 heteroatoms. The van der Waals surface area contributed by atoms with Crippen molar-refractivity contribution in [3.63, 3.8) is 0 Å². The molecule has 0 aromatic heterocycles. The van der Waals surface area contributed by atoms with Gasteiger partial charge in [-0.05, 0) is 36.3 Å². The molecule has 1 fully saturated rings. The average Bonchev–Trinajstić information content (AvgIpc) is 2.97. The number of rotatable bonds is 2. The zero-order valence-electron chi connectivity index (χ0n) is 10.9. The summed E-state index contributed by atoms with van der Waals surface area (Å²) in [5.41, 5.74) is 4.72. The Morgan fingerprint density at radius 2 is 1.88 bits per heavy atom. The molecule has 0 bridgehead atoms. The van der Waals surface area contributed by atoms with Gasteiger partial charge in [0.1, 0.15) is 0 Å². The number of allylic oxidation sites excluding steroid dienone is 1. The highest BCUT2D eigenvalue weighted by Gasteiger charge is 2.52. The quantitative estimate of drug-likeness (QED) is 0.663. The Morgan fingerprint density at radius 3 is 2.31 bits per heavy atom. The lowest BCUT2D eigenvalue weighted by Gasteiger charge is -2.31. The highest BCUT2D eigenvalue weighted by atomic mass is 14.6. The van der Waals surface area contributed by atoms with Crippen molar-refractivity contribution in [2.45, 2.75) is 46.0 Å². The van der Waals surface area contributed by atoms with Crippen LogP contribution < -0.4 is 0 Å². The van der Waals surface area contributed by atoms with Gasteiger partial charge in [0, 0.05) is 5.41 Å². The zero-order chi connectivity index (χ0) is 12.0. The Morgan fingerprint density at radius 1 is 1.25 bits per heavy atom. The van der Waals surface area contributed by atoms with Crippen LogP contribution in [0.4, 0.5) is 0 Å². The van der Waals surface area contributed by atoms with Crippen molar-refractivity contribution in [3.05, 3.63) is 42.0 Å². The third kappa shape index (κ3) is 1.71. The second kappa shape index (κ2) is 3.48. The summed E-state index contributed by atoms with van der Waals surface area (Å²) >= 11 is 0. The monoisotopic (exact) mass is 214 g/mol. The summed E-state index contributed by atoms with van der Waals surface area (Å²) < 4.78 is 0. The first-order valence-electron chi connectivity index (χ1n) is 6.13. The second-order valence-electron chi connectivity index (χ2n) is 6.19. The van der Waals surface area contributed by atoms with Crippen molar-refractivity contribution >= 4 is 5.57 Å². The minimum absolute atomic E-state index is 0.362. The van der Waals surface area contributed by atoms with E-state index in [9.17, 15) is 0 Å². The van der Waals surface area contributed by atoms with Gasteiger partial charge in [0.15, 0.2) is 0 Å². The molecular formula is C16H22. The summed E-state index contributed by atoms with van der Waals surface area (Å²) in [5.74, 6) is 0. The summed E-state index contributed by atoms with van der Waals surface area (Å²) in [6.07, 6.45) is 2.66. The Kier molecular flexibility index (Phi) is 2.49. The largest absolute Gasteiger partial charge is 0.0955 e. The van der Waals surface area contributed by atoms with Gasteiger partial charge >= 0.3 is 0 Å². The van der Waals surface area contributed by atoms with Gasteiger partial charge in [0.2, 0.25) is 0 Å². The van der Waals surface area contributed by atoms with E-state index in [0.29, 0.717) is 10.8 Å². The Labute approximate surface area is 99.4 Å². The van der Waals surface area contributed by atoms with E-state index in [4.69, 9.17) is 0 Å². The molecule has 0 N–H and O–H groups in total. The third-order valence-corrected chi connectivity index (χ3v) is 4.09. The molecule has 1 aromatic rings. The van der Waals surface area contributed by atoms with Crippen LogP contribution >= 0.6 is 0 Å². The van der Waals surface area contributed by atoms with E-state index in [1.807, 2.05) is 0 Å². The molecule has 1 aliphatic rings. The molecule has 1 aliphatic carbocycles. The van der Waals surface area contributed by atoms with Crippen molar-refractivity contribution in [1.29, 1.82) is 0 Å². The van der Waals surface area contributed by atoms with Gasteiger partial charge < -0.3 is 0 Å². The smallest absolute Gasteiger partial charge is 0.000234 e. The summed E-state index contributed by atoms with van der Waals surface area (Å²) in [5, 5.41) is 0. The van der Waals surface area contributed by atoms with Crippen LogP contribution in [0.15, 0.2) is 30.8 Å². The number of hydrogen-bond acceptors (Lipinski definition) is 0. The highest BCUT2D eigenvalue weighted by molar-refractivity contribution is 5.62. The highest BCUT2D eigenvalue weighted by Crippen LogP contribution is 2.59. The lowest BCUT2D eigenvalue weighted by atomic mass is 9.73. The van der Waals surface area contributed by atoms with E-state index < -0.39 is 0 Å². The van der Waals surface area contributed by atoms with E-state index in [-0.39, 0.29) is 0 Å². The van der Waals surface area contributed by atoms with Gasteiger partial charge in [-0.3, -0.25) is 0 Å². The number of hydrogen-bond donors (Lipinski definition) is 0. The van der Waals surface area contributed by atoms with Crippen molar-refractivity contribution in [2.75, 3.05) is 0 Å². The van der Waals surface area contributed by atoms with Crippen LogP contribution in [0.3, 0.4) is 0 Å². The van der Waals surface area contributed by atoms with Crippen LogP contribution in [-0.4, -0.2) is 0 Å². The molecule has 0 radical (unpaired) electrons. The molecule has 2 rings (SSSR count). The summed E-state index contributed by atoms with van der Waals surface area (Å²) in [6.45, 7) is 13.2. The fourth-order valence-corrected chi connectivity index (χ4v) is 2.68. The van der Waals surface area contributed by atoms with Crippen molar-refractivity contribution < 1.29 is 0 Å². The van der Waals surface area contributed by atoms with Gasteiger partial charge in [0.25, 0.3) is 0 Å². The molecule has 1 aromatic carbocycles. The molecule has 0 spiro atoms. The molecule has 0 atom stereocenters. The van der Waals surface area contributed by atoms with Crippen LogP contribution in [0, 0.1) is 5.41 Å². The molecule has 0 unspecified atom stereocenters. The van der Waals surface area contributed by atoms with Crippen LogP contribution in [-0.2, 0) is 5.41 Å². The zero-order valence-corrected chi connectivity index (χ0v) is 10.9. The number of benzene rings is 1. The standard InChI is InChI=1S/C16H22/c1-12(2)13-7-6-8-14(11-13)16(9-10-16)15(3,4)5/h6-8,11H,1,9-10H2,2-5H3. The molecular weight excluding hydrogens is 192 g/mol. The van der Waals surface area contributed by atoms with Crippen molar-refractivity contribution in [1.82, 2.24) is 0 Å². The molecule has 0 heterocycles. The summed E-state index contributed by atoms with van der Waals surface area (Å²) in [7, 11) is 0. The van der Waals surface area contributed by atoms with Crippen LogP contribution in [0.1, 0.15) is 51.7 Å². The summed E-state index contributed by atoms with van der Waals surface area (Å²) in [4.78, 5) is 0. The van der Waals surface area contributed by atoms with Crippen LogP contribution in [0.5, 0.6) is 0 Å². The average molecular weight is 214 g/mol. The molecule has 0 nitrogen and oxygen atoms in total. The Balaban J connectivity index is 2.42. The predicted octanol–water partition coefficient (Wildman–Crippen LogP) is 4.80. The summed E-state index contributed by atoms with van der Waals surface area (Å²) in [6, 6.07) is 8.95. The minimum Gasteiger partial charge on any atom is -0.0955 e.